The Hall–Kier alpha value is -3.89. The van der Waals surface area contributed by atoms with Crippen molar-refractivity contribution in [2.45, 2.75) is 65.0 Å². The molecular weight excluding hydrogens is 470 g/mol. The molecule has 0 saturated carbocycles. The zero-order valence-electron chi connectivity index (χ0n) is 20.9. The van der Waals surface area contributed by atoms with Crippen LogP contribution in [0.1, 0.15) is 52.5 Å². The van der Waals surface area contributed by atoms with Crippen LogP contribution in [0.3, 0.4) is 0 Å². The molecule has 0 aliphatic carbocycles. The molecule has 4 N–H and O–H groups in total. The lowest BCUT2D eigenvalue weighted by Crippen LogP contribution is -2.41. The molecule has 1 aromatic rings. The quantitative estimate of drug-likeness (QED) is 0.264. The monoisotopic (exact) mass is 503 g/mol. The Balaban J connectivity index is 2.02. The first-order chi connectivity index (χ1) is 16.7. The highest BCUT2D eigenvalue weighted by Crippen LogP contribution is 2.26. The van der Waals surface area contributed by atoms with Crippen LogP contribution in [0.5, 0.6) is 5.75 Å². The van der Waals surface area contributed by atoms with Crippen molar-refractivity contribution in [2.24, 2.45) is 5.92 Å². The van der Waals surface area contributed by atoms with Crippen molar-refractivity contribution in [3.8, 4) is 5.75 Å². The highest BCUT2D eigenvalue weighted by molar-refractivity contribution is 6.12. The van der Waals surface area contributed by atoms with Gasteiger partial charge < -0.3 is 25.6 Å². The summed E-state index contributed by atoms with van der Waals surface area (Å²) < 4.78 is 5.29. The Morgan fingerprint density at radius 2 is 1.75 bits per heavy atom. The van der Waals surface area contributed by atoms with E-state index < -0.39 is 47.3 Å². The number of carbonyl (C=O) groups is 5. The highest BCUT2D eigenvalue weighted by Gasteiger charge is 2.25. The molecule has 0 spiro atoms. The maximum atomic E-state index is 12.4. The van der Waals surface area contributed by atoms with Crippen LogP contribution in [-0.2, 0) is 30.3 Å². The minimum atomic E-state index is -1.00. The zero-order chi connectivity index (χ0) is 27.0. The second-order valence-corrected chi connectivity index (χ2v) is 9.69. The minimum absolute atomic E-state index is 0.0136. The van der Waals surface area contributed by atoms with E-state index in [-0.39, 0.29) is 43.7 Å². The summed E-state index contributed by atoms with van der Waals surface area (Å²) in [6.45, 7) is 6.79. The predicted octanol–water partition coefficient (Wildman–Crippen LogP) is 2.58. The summed E-state index contributed by atoms with van der Waals surface area (Å²) in [7, 11) is 0. The molecule has 2 atom stereocenters. The van der Waals surface area contributed by atoms with Crippen LogP contribution in [0, 0.1) is 5.92 Å². The Kier molecular flexibility index (Phi) is 9.60. The van der Waals surface area contributed by atoms with Gasteiger partial charge in [-0.3, -0.25) is 24.1 Å². The van der Waals surface area contributed by atoms with Crippen molar-refractivity contribution in [3.63, 3.8) is 0 Å². The van der Waals surface area contributed by atoms with Crippen molar-refractivity contribution in [3.05, 3.63) is 35.9 Å². The minimum Gasteiger partial charge on any atom is -0.506 e. The number of phenols is 1. The summed E-state index contributed by atoms with van der Waals surface area (Å²) in [4.78, 5) is 60.2. The SMILES string of the molecule is CC(C[C@H](Cc1ccc(O)c(NC(=O)CCCN2C(=O)C=CC2=O)c1)NC(=O)OC(C)(C)C)C(=O)O. The second-order valence-electron chi connectivity index (χ2n) is 9.69. The van der Waals surface area contributed by atoms with Gasteiger partial charge in [-0.1, -0.05) is 13.0 Å². The van der Waals surface area contributed by atoms with E-state index in [0.29, 0.717) is 5.56 Å². The summed E-state index contributed by atoms with van der Waals surface area (Å²) in [5, 5.41) is 24.8. The average Bonchev–Trinajstić information content (AvgIpc) is 3.06. The lowest BCUT2D eigenvalue weighted by atomic mass is 9.96. The topological polar surface area (TPSA) is 162 Å². The van der Waals surface area contributed by atoms with Gasteiger partial charge in [0.1, 0.15) is 11.4 Å². The molecule has 11 nitrogen and oxygen atoms in total. The average molecular weight is 504 g/mol. The standard InChI is InChI=1S/C25H33N3O8/c1-15(23(33)34)12-17(26-24(35)36-25(2,3)4)13-16-7-8-19(29)18(14-16)27-20(30)6-5-11-28-21(31)9-10-22(28)32/h7-10,14-15,17,29H,5-6,11-13H2,1-4H3,(H,26,35)(H,27,30)(H,33,34)/t15?,17-/m1/s1. The van der Waals surface area contributed by atoms with E-state index in [1.165, 1.54) is 25.1 Å². The van der Waals surface area contributed by atoms with Crippen LogP contribution >= 0.6 is 0 Å². The van der Waals surface area contributed by atoms with Crippen molar-refractivity contribution >= 4 is 35.5 Å². The van der Waals surface area contributed by atoms with E-state index in [0.717, 1.165) is 4.90 Å². The number of carboxylic acids is 1. The molecule has 0 aromatic heterocycles. The molecule has 11 heteroatoms. The van der Waals surface area contributed by atoms with Gasteiger partial charge >= 0.3 is 12.1 Å². The van der Waals surface area contributed by atoms with Gasteiger partial charge in [0.05, 0.1) is 11.6 Å². The van der Waals surface area contributed by atoms with E-state index in [2.05, 4.69) is 10.6 Å². The molecule has 1 aliphatic heterocycles. The van der Waals surface area contributed by atoms with Gasteiger partial charge in [-0.2, -0.15) is 0 Å². The van der Waals surface area contributed by atoms with E-state index in [1.807, 2.05) is 0 Å². The Bertz CT molecular complexity index is 1030. The molecule has 4 amide bonds. The van der Waals surface area contributed by atoms with E-state index in [9.17, 15) is 34.2 Å². The number of carboxylic acid groups (broad SMARTS) is 1. The zero-order valence-corrected chi connectivity index (χ0v) is 20.9. The molecule has 0 radical (unpaired) electrons. The van der Waals surface area contributed by atoms with E-state index in [4.69, 9.17) is 4.74 Å². The fourth-order valence-corrected chi connectivity index (χ4v) is 3.55. The van der Waals surface area contributed by atoms with Crippen LogP contribution in [0.4, 0.5) is 10.5 Å². The van der Waals surface area contributed by atoms with Crippen molar-refractivity contribution < 1.29 is 38.9 Å². The number of nitrogens with zero attached hydrogens (tertiary/aromatic N) is 1. The summed E-state index contributed by atoms with van der Waals surface area (Å²) in [6, 6.07) is 3.96. The number of ether oxygens (including phenoxy) is 1. The van der Waals surface area contributed by atoms with Gasteiger partial charge in [0.2, 0.25) is 5.91 Å². The number of nitrogens with one attached hydrogen (secondary N) is 2. The largest absolute Gasteiger partial charge is 0.506 e. The number of phenolic OH excluding ortho intramolecular Hbond substituents is 1. The number of rotatable bonds is 11. The lowest BCUT2D eigenvalue weighted by molar-refractivity contribution is -0.141. The molecule has 0 fully saturated rings. The van der Waals surface area contributed by atoms with E-state index in [1.54, 1.807) is 32.9 Å². The third kappa shape index (κ3) is 9.05. The number of benzene rings is 1. The molecule has 196 valence electrons. The summed E-state index contributed by atoms with van der Waals surface area (Å²) in [5.74, 6) is -3.16. The third-order valence-corrected chi connectivity index (χ3v) is 5.28. The number of anilines is 1. The lowest BCUT2D eigenvalue weighted by Gasteiger charge is -2.25. The summed E-state index contributed by atoms with van der Waals surface area (Å²) in [5.41, 5.74) is 0.0606. The van der Waals surface area contributed by atoms with Gasteiger partial charge in [0, 0.05) is 31.2 Å². The molecular formula is C25H33N3O8. The Morgan fingerprint density at radius 1 is 1.11 bits per heavy atom. The van der Waals surface area contributed by atoms with Crippen LogP contribution in [-0.4, -0.2) is 63.1 Å². The summed E-state index contributed by atoms with van der Waals surface area (Å²) >= 11 is 0. The van der Waals surface area contributed by atoms with Crippen molar-refractivity contribution in [1.82, 2.24) is 10.2 Å². The van der Waals surface area contributed by atoms with Crippen molar-refractivity contribution in [1.29, 1.82) is 0 Å². The second kappa shape index (κ2) is 12.2. The first-order valence-electron chi connectivity index (χ1n) is 11.6. The first-order valence-corrected chi connectivity index (χ1v) is 11.6. The van der Waals surface area contributed by atoms with Gasteiger partial charge in [-0.25, -0.2) is 4.79 Å². The van der Waals surface area contributed by atoms with Crippen LogP contribution in [0.25, 0.3) is 0 Å². The molecule has 1 heterocycles. The predicted molar refractivity (Wildman–Crippen MR) is 130 cm³/mol. The molecule has 1 unspecified atom stereocenters. The Labute approximate surface area is 209 Å². The number of imide groups is 1. The summed E-state index contributed by atoms with van der Waals surface area (Å²) in [6.07, 6.45) is 2.30. The Morgan fingerprint density at radius 3 is 2.33 bits per heavy atom. The normalized spacial score (nSPS) is 14.9. The fourth-order valence-electron chi connectivity index (χ4n) is 3.55. The van der Waals surface area contributed by atoms with Crippen LogP contribution in [0.2, 0.25) is 0 Å². The van der Waals surface area contributed by atoms with Gasteiger partial charge in [-0.15, -0.1) is 0 Å². The molecule has 1 aliphatic rings. The molecule has 0 saturated heterocycles. The molecule has 36 heavy (non-hydrogen) atoms. The number of aliphatic carboxylic acids is 1. The smallest absolute Gasteiger partial charge is 0.407 e. The van der Waals surface area contributed by atoms with Crippen LogP contribution in [0.15, 0.2) is 30.4 Å². The van der Waals surface area contributed by atoms with Crippen LogP contribution < -0.4 is 10.6 Å². The van der Waals surface area contributed by atoms with Gasteiger partial charge in [0.25, 0.3) is 11.8 Å². The highest BCUT2D eigenvalue weighted by atomic mass is 16.6. The number of hydrogen-bond acceptors (Lipinski definition) is 7. The molecule has 0 bridgehead atoms. The van der Waals surface area contributed by atoms with Gasteiger partial charge in [0.15, 0.2) is 0 Å². The molecule has 1 aromatic carbocycles. The number of aromatic hydroxyl groups is 1. The number of carbonyl (C=O) groups excluding carboxylic acids is 4. The van der Waals surface area contributed by atoms with Gasteiger partial charge in [-0.05, 0) is 57.7 Å². The van der Waals surface area contributed by atoms with Crippen molar-refractivity contribution in [2.75, 3.05) is 11.9 Å². The number of amides is 4. The maximum Gasteiger partial charge on any atom is 0.407 e. The van der Waals surface area contributed by atoms with E-state index >= 15 is 0 Å². The third-order valence-electron chi connectivity index (χ3n) is 5.28. The maximum absolute atomic E-state index is 12.4. The number of hydrogen-bond donors (Lipinski definition) is 4. The first kappa shape index (κ1) is 28.3. The molecule has 2 rings (SSSR count). The number of alkyl carbamates (subject to hydrolysis) is 1. The fraction of sp³-hybridized carbons (Fsp3) is 0.480.